The molecule has 0 fully saturated rings. The van der Waals surface area contributed by atoms with Crippen LogP contribution in [0.1, 0.15) is 26.3 Å². The molecule has 1 N–H and O–H groups in total. The molecule has 1 amide bonds. The first-order chi connectivity index (χ1) is 10.4. The zero-order valence-electron chi connectivity index (χ0n) is 13.7. The van der Waals surface area contributed by atoms with Gasteiger partial charge in [0, 0.05) is 29.3 Å². The Morgan fingerprint density at radius 2 is 2.09 bits per heavy atom. The lowest BCUT2D eigenvalue weighted by Crippen LogP contribution is -2.25. The number of ether oxygens (including phenoxy) is 2. The molecule has 122 valence electrons. The zero-order chi connectivity index (χ0) is 16.6. The number of carbonyl (C=O) groups excluding carboxylic acids is 1. The summed E-state index contributed by atoms with van der Waals surface area (Å²) >= 11 is 1.81. The number of carbonyl (C=O) groups is 1. The molecule has 0 aromatic carbocycles. The highest BCUT2D eigenvalue weighted by molar-refractivity contribution is 8.00. The smallest absolute Gasteiger partial charge is 0.319 e. The Bertz CT molecular complexity index is 527. The summed E-state index contributed by atoms with van der Waals surface area (Å²) in [5, 5.41) is 2.83. The fourth-order valence-electron chi connectivity index (χ4n) is 1.49. The van der Waals surface area contributed by atoms with Crippen molar-refractivity contribution in [1.82, 2.24) is 15.3 Å². The van der Waals surface area contributed by atoms with E-state index in [1.165, 1.54) is 20.3 Å². The molecule has 0 saturated carbocycles. The van der Waals surface area contributed by atoms with Gasteiger partial charge in [0.1, 0.15) is 0 Å². The SMILES string of the molecule is COc1ncc(/C=C\C(=O)NCCSC(C)(C)C)c(OC)n1. The molecule has 1 heterocycles. The normalized spacial score (nSPS) is 11.5. The van der Waals surface area contributed by atoms with E-state index in [1.807, 2.05) is 11.8 Å². The third-order valence-electron chi connectivity index (χ3n) is 2.48. The second-order valence-corrected chi connectivity index (χ2v) is 7.33. The van der Waals surface area contributed by atoms with Crippen molar-refractivity contribution >= 4 is 23.7 Å². The lowest BCUT2D eigenvalue weighted by molar-refractivity contribution is -0.116. The van der Waals surface area contributed by atoms with Crippen molar-refractivity contribution in [3.05, 3.63) is 17.8 Å². The van der Waals surface area contributed by atoms with Crippen LogP contribution in [0.25, 0.3) is 6.08 Å². The maximum atomic E-state index is 11.8. The molecule has 22 heavy (non-hydrogen) atoms. The van der Waals surface area contributed by atoms with Gasteiger partial charge in [-0.05, 0) is 6.08 Å². The number of methoxy groups -OCH3 is 2. The van der Waals surface area contributed by atoms with Crippen molar-refractivity contribution in [2.75, 3.05) is 26.5 Å². The van der Waals surface area contributed by atoms with E-state index in [0.717, 1.165) is 5.75 Å². The van der Waals surface area contributed by atoms with Crippen LogP contribution in [0.3, 0.4) is 0 Å². The van der Waals surface area contributed by atoms with Gasteiger partial charge in [0.2, 0.25) is 11.8 Å². The first kappa shape index (κ1) is 18.3. The molecule has 6 nitrogen and oxygen atoms in total. The molecule has 0 aliphatic heterocycles. The van der Waals surface area contributed by atoms with E-state index in [0.29, 0.717) is 18.0 Å². The molecule has 1 aromatic rings. The van der Waals surface area contributed by atoms with Gasteiger partial charge in [-0.15, -0.1) is 0 Å². The largest absolute Gasteiger partial charge is 0.480 e. The molecule has 0 atom stereocenters. The first-order valence-electron chi connectivity index (χ1n) is 6.90. The quantitative estimate of drug-likeness (QED) is 0.612. The maximum absolute atomic E-state index is 11.8. The number of hydrogen-bond acceptors (Lipinski definition) is 6. The summed E-state index contributed by atoms with van der Waals surface area (Å²) in [7, 11) is 2.98. The molecule has 1 aromatic heterocycles. The summed E-state index contributed by atoms with van der Waals surface area (Å²) in [5.74, 6) is 1.07. The van der Waals surface area contributed by atoms with E-state index in [1.54, 1.807) is 12.3 Å². The minimum atomic E-state index is -0.160. The van der Waals surface area contributed by atoms with E-state index in [-0.39, 0.29) is 16.7 Å². The van der Waals surface area contributed by atoms with Crippen molar-refractivity contribution in [1.29, 1.82) is 0 Å². The number of nitrogens with zero attached hydrogens (tertiary/aromatic N) is 2. The average molecular weight is 325 g/mol. The minimum absolute atomic E-state index is 0.160. The fourth-order valence-corrected chi connectivity index (χ4v) is 2.31. The Kier molecular flexibility index (Phi) is 7.17. The standard InChI is InChI=1S/C15H23N3O3S/c1-15(2,3)22-9-8-16-12(19)7-6-11-10-17-14(21-5)18-13(11)20-4/h6-7,10H,8-9H2,1-5H3,(H,16,19)/b7-6-. The van der Waals surface area contributed by atoms with E-state index in [4.69, 9.17) is 9.47 Å². The first-order valence-corrected chi connectivity index (χ1v) is 7.89. The van der Waals surface area contributed by atoms with Crippen molar-refractivity contribution in [3.63, 3.8) is 0 Å². The van der Waals surface area contributed by atoms with Crippen LogP contribution in [0.2, 0.25) is 0 Å². The van der Waals surface area contributed by atoms with Crippen LogP contribution in [-0.2, 0) is 4.79 Å². The number of amides is 1. The number of nitrogens with one attached hydrogen (secondary N) is 1. The molecule has 0 bridgehead atoms. The monoisotopic (exact) mass is 325 g/mol. The lowest BCUT2D eigenvalue weighted by Gasteiger charge is -2.17. The molecule has 0 unspecified atom stereocenters. The second-order valence-electron chi connectivity index (χ2n) is 5.41. The van der Waals surface area contributed by atoms with Gasteiger partial charge in [-0.25, -0.2) is 4.98 Å². The molecule has 0 spiro atoms. The number of rotatable bonds is 7. The minimum Gasteiger partial charge on any atom is -0.480 e. The number of aromatic nitrogens is 2. The molecular formula is C15H23N3O3S. The Balaban J connectivity index is 2.52. The Labute approximate surface area is 135 Å². The molecule has 1 rings (SSSR count). The summed E-state index contributed by atoms with van der Waals surface area (Å²) in [4.78, 5) is 19.8. The highest BCUT2D eigenvalue weighted by Gasteiger charge is 2.10. The topological polar surface area (TPSA) is 73.3 Å². The number of thioether (sulfide) groups is 1. The molecule has 0 aliphatic carbocycles. The number of hydrogen-bond donors (Lipinski definition) is 1. The van der Waals surface area contributed by atoms with Crippen LogP contribution in [0.15, 0.2) is 12.3 Å². The van der Waals surface area contributed by atoms with Crippen molar-refractivity contribution < 1.29 is 14.3 Å². The molecule has 0 saturated heterocycles. The average Bonchev–Trinajstić information content (AvgIpc) is 2.48. The van der Waals surface area contributed by atoms with Crippen LogP contribution < -0.4 is 14.8 Å². The van der Waals surface area contributed by atoms with Gasteiger partial charge < -0.3 is 14.8 Å². The Hall–Kier alpha value is -1.76. The van der Waals surface area contributed by atoms with Gasteiger partial charge in [0.25, 0.3) is 0 Å². The fraction of sp³-hybridized carbons (Fsp3) is 0.533. The molecular weight excluding hydrogens is 302 g/mol. The molecule has 7 heteroatoms. The van der Waals surface area contributed by atoms with E-state index in [2.05, 4.69) is 36.1 Å². The zero-order valence-corrected chi connectivity index (χ0v) is 14.5. The summed E-state index contributed by atoms with van der Waals surface area (Å²) in [6.07, 6.45) is 4.60. The summed E-state index contributed by atoms with van der Waals surface area (Å²) in [6, 6.07) is 0.220. The van der Waals surface area contributed by atoms with Crippen LogP contribution in [0, 0.1) is 0 Å². The third-order valence-corrected chi connectivity index (χ3v) is 3.76. The van der Waals surface area contributed by atoms with E-state index >= 15 is 0 Å². The Morgan fingerprint density at radius 3 is 2.68 bits per heavy atom. The van der Waals surface area contributed by atoms with Gasteiger partial charge >= 0.3 is 6.01 Å². The van der Waals surface area contributed by atoms with E-state index in [9.17, 15) is 4.79 Å². The second kappa shape index (κ2) is 8.63. The summed E-state index contributed by atoms with van der Waals surface area (Å²) in [6.45, 7) is 7.07. The lowest BCUT2D eigenvalue weighted by atomic mass is 10.3. The van der Waals surface area contributed by atoms with Gasteiger partial charge in [-0.1, -0.05) is 20.8 Å². The van der Waals surface area contributed by atoms with Crippen molar-refractivity contribution in [2.45, 2.75) is 25.5 Å². The molecule has 0 radical (unpaired) electrons. The van der Waals surface area contributed by atoms with Crippen molar-refractivity contribution in [3.8, 4) is 11.9 Å². The van der Waals surface area contributed by atoms with Gasteiger partial charge in [0.15, 0.2) is 0 Å². The van der Waals surface area contributed by atoms with Crippen LogP contribution >= 0.6 is 11.8 Å². The predicted octanol–water partition coefficient (Wildman–Crippen LogP) is 2.15. The maximum Gasteiger partial charge on any atom is 0.319 e. The third kappa shape index (κ3) is 6.80. The van der Waals surface area contributed by atoms with Crippen LogP contribution in [-0.4, -0.2) is 47.1 Å². The van der Waals surface area contributed by atoms with Gasteiger partial charge in [-0.3, -0.25) is 4.79 Å². The van der Waals surface area contributed by atoms with Crippen LogP contribution in [0.4, 0.5) is 0 Å². The van der Waals surface area contributed by atoms with Crippen molar-refractivity contribution in [2.24, 2.45) is 0 Å². The van der Waals surface area contributed by atoms with Crippen LogP contribution in [0.5, 0.6) is 11.9 Å². The highest BCUT2D eigenvalue weighted by atomic mass is 32.2. The van der Waals surface area contributed by atoms with E-state index < -0.39 is 0 Å². The molecule has 0 aliphatic rings. The summed E-state index contributed by atoms with van der Waals surface area (Å²) in [5.41, 5.74) is 0.613. The summed E-state index contributed by atoms with van der Waals surface area (Å²) < 4.78 is 10.3. The predicted molar refractivity (Wildman–Crippen MR) is 89.4 cm³/mol. The Morgan fingerprint density at radius 1 is 1.36 bits per heavy atom. The van der Waals surface area contributed by atoms with Gasteiger partial charge in [0.05, 0.1) is 19.8 Å². The highest BCUT2D eigenvalue weighted by Crippen LogP contribution is 2.22. The van der Waals surface area contributed by atoms with Gasteiger partial charge in [-0.2, -0.15) is 16.7 Å².